The molecule has 3 aromatic rings. The van der Waals surface area contributed by atoms with E-state index in [1.54, 1.807) is 48.5 Å². The summed E-state index contributed by atoms with van der Waals surface area (Å²) in [6, 6.07) is 19.3. The maximum Gasteiger partial charge on any atom is 0.271 e. The molecule has 0 saturated carbocycles. The number of para-hydroxylation sites is 2. The zero-order chi connectivity index (χ0) is 26.1. The number of aryl methyl sites for hydroxylation is 2. The topological polar surface area (TPSA) is 111 Å². The molecule has 9 heteroatoms. The molecule has 5 rings (SSSR count). The van der Waals surface area contributed by atoms with E-state index < -0.39 is 5.91 Å². The molecule has 0 radical (unpaired) electrons. The van der Waals surface area contributed by atoms with Crippen LogP contribution in [0.1, 0.15) is 34.3 Å². The average molecular weight is 496 g/mol. The molecule has 2 N–H and O–H groups in total. The molecular weight excluding hydrogens is 470 g/mol. The number of hydrazone groups is 1. The first kappa shape index (κ1) is 23.9. The summed E-state index contributed by atoms with van der Waals surface area (Å²) in [7, 11) is 0. The van der Waals surface area contributed by atoms with Crippen molar-refractivity contribution in [2.45, 2.75) is 26.7 Å². The van der Waals surface area contributed by atoms with Crippen molar-refractivity contribution in [2.24, 2.45) is 5.10 Å². The molecule has 0 aliphatic carbocycles. The van der Waals surface area contributed by atoms with Crippen molar-refractivity contribution in [1.29, 1.82) is 0 Å². The first-order valence-electron chi connectivity index (χ1n) is 11.9. The summed E-state index contributed by atoms with van der Waals surface area (Å²) >= 11 is 0. The lowest BCUT2D eigenvalue weighted by atomic mass is 10.1. The second-order valence-corrected chi connectivity index (χ2v) is 9.03. The quantitative estimate of drug-likeness (QED) is 0.569. The second kappa shape index (κ2) is 9.69. The third kappa shape index (κ3) is 4.84. The van der Waals surface area contributed by atoms with Gasteiger partial charge in [-0.1, -0.05) is 24.3 Å². The van der Waals surface area contributed by atoms with Crippen molar-refractivity contribution in [1.82, 2.24) is 0 Å². The van der Waals surface area contributed by atoms with Gasteiger partial charge in [0.1, 0.15) is 12.3 Å². The van der Waals surface area contributed by atoms with Crippen LogP contribution in [0.15, 0.2) is 71.8 Å². The molecule has 0 atom stereocenters. The van der Waals surface area contributed by atoms with E-state index in [0.717, 1.165) is 11.1 Å². The van der Waals surface area contributed by atoms with E-state index in [-0.39, 0.29) is 42.8 Å². The summed E-state index contributed by atoms with van der Waals surface area (Å²) in [6.07, 6.45) is 0.414. The molecule has 9 nitrogen and oxygen atoms in total. The number of amides is 4. The fourth-order valence-corrected chi connectivity index (χ4v) is 4.32. The Kier molecular flexibility index (Phi) is 6.27. The number of anilines is 4. The number of carbonyl (C=O) groups is 4. The largest absolute Gasteiger partial charge is 0.323 e. The lowest BCUT2D eigenvalue weighted by Crippen LogP contribution is -2.42. The van der Waals surface area contributed by atoms with Crippen molar-refractivity contribution < 1.29 is 19.2 Å². The van der Waals surface area contributed by atoms with Crippen LogP contribution in [0.2, 0.25) is 0 Å². The molecule has 186 valence electrons. The van der Waals surface area contributed by atoms with Crippen LogP contribution in [-0.2, 0) is 14.4 Å². The fraction of sp³-hybridized carbons (Fsp3) is 0.179. The predicted molar refractivity (Wildman–Crippen MR) is 142 cm³/mol. The van der Waals surface area contributed by atoms with E-state index in [4.69, 9.17) is 0 Å². The Morgan fingerprint density at radius 3 is 2.46 bits per heavy atom. The second-order valence-electron chi connectivity index (χ2n) is 9.03. The van der Waals surface area contributed by atoms with Crippen LogP contribution in [0, 0.1) is 13.8 Å². The third-order valence-electron chi connectivity index (χ3n) is 6.29. The summed E-state index contributed by atoms with van der Waals surface area (Å²) in [6.45, 7) is 3.75. The number of hydrogen-bond donors (Lipinski definition) is 2. The van der Waals surface area contributed by atoms with E-state index in [0.29, 0.717) is 28.3 Å². The van der Waals surface area contributed by atoms with Crippen LogP contribution in [0.25, 0.3) is 0 Å². The van der Waals surface area contributed by atoms with E-state index >= 15 is 0 Å². The standard InChI is InChI=1S/C28H25N5O4/c1-17-7-8-18(2)24(15-17)33-26(35)14-13-22(31-33)27(36)29-20-11-9-19(10-12-20)28(37)32-16-25(34)30-21-5-3-4-6-23(21)32/h3-12,15H,13-14,16H2,1-2H3,(H,29,36)(H,30,34). The van der Waals surface area contributed by atoms with E-state index in [1.807, 2.05) is 32.0 Å². The molecule has 0 aromatic heterocycles. The van der Waals surface area contributed by atoms with Crippen molar-refractivity contribution >= 4 is 52.1 Å². The normalized spacial score (nSPS) is 15.0. The van der Waals surface area contributed by atoms with Gasteiger partial charge in [-0.25, -0.2) is 5.01 Å². The lowest BCUT2D eigenvalue weighted by molar-refractivity contribution is -0.119. The Labute approximate surface area is 213 Å². The molecule has 0 spiro atoms. The maximum atomic E-state index is 13.1. The van der Waals surface area contributed by atoms with Crippen molar-refractivity contribution in [2.75, 3.05) is 27.1 Å². The molecule has 0 bridgehead atoms. The van der Waals surface area contributed by atoms with E-state index in [1.165, 1.54) is 9.91 Å². The Bertz CT molecular complexity index is 1460. The van der Waals surface area contributed by atoms with Crippen LogP contribution in [0.5, 0.6) is 0 Å². The lowest BCUT2D eigenvalue weighted by Gasteiger charge is -2.29. The smallest absolute Gasteiger partial charge is 0.271 e. The molecule has 2 aliphatic rings. The summed E-state index contributed by atoms with van der Waals surface area (Å²) in [4.78, 5) is 52.1. The zero-order valence-electron chi connectivity index (χ0n) is 20.4. The van der Waals surface area contributed by atoms with Gasteiger partial charge >= 0.3 is 0 Å². The molecule has 2 aliphatic heterocycles. The minimum Gasteiger partial charge on any atom is -0.323 e. The van der Waals surface area contributed by atoms with Crippen LogP contribution < -0.4 is 20.5 Å². The Morgan fingerprint density at radius 2 is 1.68 bits per heavy atom. The first-order chi connectivity index (χ1) is 17.8. The summed E-state index contributed by atoms with van der Waals surface area (Å²) in [5.74, 6) is -1.17. The summed E-state index contributed by atoms with van der Waals surface area (Å²) in [5, 5.41) is 11.2. The van der Waals surface area contributed by atoms with Gasteiger partial charge in [0.15, 0.2) is 0 Å². The van der Waals surface area contributed by atoms with E-state index in [2.05, 4.69) is 15.7 Å². The number of hydrogen-bond acceptors (Lipinski definition) is 5. The van der Waals surface area contributed by atoms with Crippen molar-refractivity contribution in [3.05, 3.63) is 83.4 Å². The Balaban J connectivity index is 1.31. The minimum absolute atomic E-state index is 0.0796. The number of benzene rings is 3. The molecular formula is C28H25N5O4. The average Bonchev–Trinajstić information content (AvgIpc) is 2.90. The molecule has 3 aromatic carbocycles. The summed E-state index contributed by atoms with van der Waals surface area (Å²) in [5.41, 5.74) is 4.85. The fourth-order valence-electron chi connectivity index (χ4n) is 4.32. The highest BCUT2D eigenvalue weighted by atomic mass is 16.2. The van der Waals surface area contributed by atoms with Crippen LogP contribution in [0.3, 0.4) is 0 Å². The summed E-state index contributed by atoms with van der Waals surface area (Å²) < 4.78 is 0. The molecule has 4 amide bonds. The Hall–Kier alpha value is -4.79. The minimum atomic E-state index is -0.413. The van der Waals surface area contributed by atoms with Gasteiger partial charge in [0.2, 0.25) is 11.8 Å². The highest BCUT2D eigenvalue weighted by Gasteiger charge is 2.28. The Morgan fingerprint density at radius 1 is 0.919 bits per heavy atom. The van der Waals surface area contributed by atoms with Gasteiger partial charge in [-0.3, -0.25) is 24.1 Å². The SMILES string of the molecule is Cc1ccc(C)c(N2N=C(C(=O)Nc3ccc(C(=O)N4CC(=O)Nc5ccccc54)cc3)CCC2=O)c1. The molecule has 2 heterocycles. The van der Waals surface area contributed by atoms with Crippen LogP contribution in [-0.4, -0.2) is 35.9 Å². The van der Waals surface area contributed by atoms with Gasteiger partial charge in [0.25, 0.3) is 11.8 Å². The van der Waals surface area contributed by atoms with Gasteiger partial charge < -0.3 is 10.6 Å². The zero-order valence-corrected chi connectivity index (χ0v) is 20.4. The first-order valence-corrected chi connectivity index (χ1v) is 11.9. The molecule has 0 unspecified atom stereocenters. The number of fused-ring (bicyclic) bond motifs is 1. The van der Waals surface area contributed by atoms with Gasteiger partial charge in [-0.15, -0.1) is 0 Å². The number of carbonyl (C=O) groups excluding carboxylic acids is 4. The highest BCUT2D eigenvalue weighted by Crippen LogP contribution is 2.30. The predicted octanol–water partition coefficient (Wildman–Crippen LogP) is 4.02. The van der Waals surface area contributed by atoms with Gasteiger partial charge in [0.05, 0.1) is 17.1 Å². The maximum absolute atomic E-state index is 13.1. The number of nitrogens with zero attached hydrogens (tertiary/aromatic N) is 3. The molecule has 0 fully saturated rings. The van der Waals surface area contributed by atoms with Gasteiger partial charge in [-0.2, -0.15) is 5.10 Å². The van der Waals surface area contributed by atoms with Crippen molar-refractivity contribution in [3.63, 3.8) is 0 Å². The molecule has 0 saturated heterocycles. The number of nitrogens with one attached hydrogen (secondary N) is 2. The van der Waals surface area contributed by atoms with Crippen molar-refractivity contribution in [3.8, 4) is 0 Å². The van der Waals surface area contributed by atoms with Crippen LogP contribution in [0.4, 0.5) is 22.7 Å². The third-order valence-corrected chi connectivity index (χ3v) is 6.29. The number of rotatable bonds is 4. The van der Waals surface area contributed by atoms with Gasteiger partial charge in [-0.05, 0) is 67.4 Å². The van der Waals surface area contributed by atoms with Gasteiger partial charge in [0, 0.05) is 24.1 Å². The van der Waals surface area contributed by atoms with Crippen LogP contribution >= 0.6 is 0 Å². The molecule has 37 heavy (non-hydrogen) atoms. The van der Waals surface area contributed by atoms with E-state index in [9.17, 15) is 19.2 Å². The highest BCUT2D eigenvalue weighted by molar-refractivity contribution is 6.44. The monoisotopic (exact) mass is 495 g/mol.